The molecule has 0 bridgehead atoms. The number of hydrogen-bond donors (Lipinski definition) is 0. The topological polar surface area (TPSA) is 20.3 Å². The highest BCUT2D eigenvalue weighted by Crippen LogP contribution is 2.44. The van der Waals surface area contributed by atoms with Gasteiger partial charge < -0.3 is 0 Å². The summed E-state index contributed by atoms with van der Waals surface area (Å²) in [7, 11) is 0. The maximum absolute atomic E-state index is 12.6. The van der Waals surface area contributed by atoms with Gasteiger partial charge >= 0.3 is 0 Å². The molecule has 0 aliphatic carbocycles. The first-order valence-corrected chi connectivity index (χ1v) is 6.11. The van der Waals surface area contributed by atoms with Gasteiger partial charge in [0.15, 0.2) is 0 Å². The summed E-state index contributed by atoms with van der Waals surface area (Å²) in [6.45, 7) is 3.97. The van der Waals surface area contributed by atoms with Crippen LogP contribution in [0.2, 0.25) is 0 Å². The van der Waals surface area contributed by atoms with Crippen LogP contribution in [0.4, 0.5) is 11.4 Å². The third-order valence-corrected chi connectivity index (χ3v) is 3.57. The van der Waals surface area contributed by atoms with Gasteiger partial charge in [0.25, 0.3) is 0 Å². The number of fused-ring (bicyclic) bond motifs is 1. The van der Waals surface area contributed by atoms with Crippen molar-refractivity contribution in [2.24, 2.45) is 0 Å². The van der Waals surface area contributed by atoms with Gasteiger partial charge in [-0.1, -0.05) is 36.4 Å². The molecule has 2 aromatic rings. The molecule has 2 aromatic carbocycles. The maximum Gasteiger partial charge on any atom is 0.241 e. The average Bonchev–Trinajstić information content (AvgIpc) is 2.60. The fraction of sp³-hybridized carbons (Fsp3) is 0.188. The van der Waals surface area contributed by atoms with Gasteiger partial charge in [0.05, 0.1) is 11.1 Å². The van der Waals surface area contributed by atoms with E-state index >= 15 is 0 Å². The Morgan fingerprint density at radius 2 is 1.50 bits per heavy atom. The zero-order chi connectivity index (χ0) is 12.8. The van der Waals surface area contributed by atoms with Crippen LogP contribution in [0.1, 0.15) is 19.4 Å². The number of amides is 1. The Morgan fingerprint density at radius 1 is 0.889 bits per heavy atom. The largest absolute Gasteiger partial charge is 0.280 e. The highest BCUT2D eigenvalue weighted by Gasteiger charge is 2.44. The van der Waals surface area contributed by atoms with E-state index in [0.717, 1.165) is 16.9 Å². The fourth-order valence-corrected chi connectivity index (χ4v) is 2.53. The van der Waals surface area contributed by atoms with Gasteiger partial charge in [-0.05, 0) is 37.6 Å². The van der Waals surface area contributed by atoms with E-state index in [4.69, 9.17) is 0 Å². The molecule has 0 radical (unpaired) electrons. The van der Waals surface area contributed by atoms with Gasteiger partial charge in [-0.15, -0.1) is 0 Å². The first-order valence-electron chi connectivity index (χ1n) is 6.11. The smallest absolute Gasteiger partial charge is 0.241 e. The minimum Gasteiger partial charge on any atom is -0.280 e. The Hall–Kier alpha value is -2.09. The summed E-state index contributed by atoms with van der Waals surface area (Å²) in [6, 6.07) is 17.8. The maximum atomic E-state index is 12.6. The van der Waals surface area contributed by atoms with Crippen LogP contribution in [0.3, 0.4) is 0 Å². The molecule has 2 heteroatoms. The molecule has 0 N–H and O–H groups in total. The normalized spacial score (nSPS) is 22.1. The second-order valence-corrected chi connectivity index (χ2v) is 5.12. The van der Waals surface area contributed by atoms with E-state index in [1.165, 1.54) is 0 Å². The van der Waals surface area contributed by atoms with E-state index in [2.05, 4.69) is 0 Å². The van der Waals surface area contributed by atoms with Gasteiger partial charge in [-0.25, -0.2) is 0 Å². The first kappa shape index (κ1) is 11.0. The van der Waals surface area contributed by atoms with Crippen molar-refractivity contribution in [2.45, 2.75) is 19.3 Å². The molecule has 0 unspecified atom stereocenters. The van der Waals surface area contributed by atoms with Crippen molar-refractivity contribution in [3.63, 3.8) is 0 Å². The number of anilines is 2. The van der Waals surface area contributed by atoms with Gasteiger partial charge in [0.2, 0.25) is 5.91 Å². The molecule has 2 nitrogen and oxygen atoms in total. The third kappa shape index (κ3) is 1.39. The standard InChI is InChI=1S/C16H15NO/c1-16(2)13-10-6-7-11-14(13)17(15(16)18)12-8-4-3-5-9-12/h3-11H,1-2H3/i1+1/t16-/m0/s1. The number of nitrogens with zero attached hydrogens (tertiary/aromatic N) is 1. The van der Waals surface area contributed by atoms with Gasteiger partial charge in [0.1, 0.15) is 0 Å². The predicted molar refractivity (Wildman–Crippen MR) is 73.1 cm³/mol. The molecule has 18 heavy (non-hydrogen) atoms. The van der Waals surface area contributed by atoms with Crippen molar-refractivity contribution in [1.29, 1.82) is 0 Å². The van der Waals surface area contributed by atoms with Gasteiger partial charge in [-0.3, -0.25) is 9.69 Å². The molecule has 0 saturated heterocycles. The van der Waals surface area contributed by atoms with Crippen LogP contribution in [-0.2, 0) is 10.2 Å². The molecule has 1 heterocycles. The Balaban J connectivity index is 2.21. The van der Waals surface area contributed by atoms with Crippen LogP contribution >= 0.6 is 0 Å². The molecular weight excluding hydrogens is 223 g/mol. The quantitative estimate of drug-likeness (QED) is 0.694. The van der Waals surface area contributed by atoms with Crippen molar-refractivity contribution in [2.75, 3.05) is 4.90 Å². The molecule has 3 rings (SSSR count). The lowest BCUT2D eigenvalue weighted by Crippen LogP contribution is -2.33. The monoisotopic (exact) mass is 238 g/mol. The zero-order valence-corrected chi connectivity index (χ0v) is 10.6. The van der Waals surface area contributed by atoms with Crippen LogP contribution in [0.5, 0.6) is 0 Å². The van der Waals surface area contributed by atoms with E-state index in [0.29, 0.717) is 0 Å². The summed E-state index contributed by atoms with van der Waals surface area (Å²) in [4.78, 5) is 14.4. The Labute approximate surface area is 107 Å². The summed E-state index contributed by atoms with van der Waals surface area (Å²) in [5.41, 5.74) is 2.57. The SMILES string of the molecule is C[C@]1([13CH3])C(=O)N(c2ccccc2)c2ccccc21. The van der Waals surface area contributed by atoms with Crippen molar-refractivity contribution in [3.05, 3.63) is 60.2 Å². The number of carbonyl (C=O) groups excluding carboxylic acids is 1. The van der Waals surface area contributed by atoms with Crippen molar-refractivity contribution >= 4 is 17.3 Å². The number of benzene rings is 2. The molecule has 0 saturated carbocycles. The van der Waals surface area contributed by atoms with E-state index in [9.17, 15) is 4.79 Å². The van der Waals surface area contributed by atoms with Gasteiger partial charge in [0, 0.05) is 5.69 Å². The zero-order valence-electron chi connectivity index (χ0n) is 10.6. The minimum atomic E-state index is -0.452. The van der Waals surface area contributed by atoms with Crippen LogP contribution in [0, 0.1) is 0 Å². The number of hydrogen-bond acceptors (Lipinski definition) is 1. The highest BCUT2D eigenvalue weighted by atomic mass is 16.2. The number of para-hydroxylation sites is 2. The summed E-state index contributed by atoms with van der Waals surface area (Å²) >= 11 is 0. The first-order chi connectivity index (χ1) is 8.62. The van der Waals surface area contributed by atoms with E-state index < -0.39 is 5.41 Å². The summed E-state index contributed by atoms with van der Waals surface area (Å²) in [5.74, 6) is 0.134. The Morgan fingerprint density at radius 3 is 2.22 bits per heavy atom. The molecule has 0 spiro atoms. The molecular formula is C16H15NO. The molecule has 1 atom stereocenters. The summed E-state index contributed by atoms with van der Waals surface area (Å²) in [6.07, 6.45) is 0. The van der Waals surface area contributed by atoms with E-state index in [1.807, 2.05) is 73.3 Å². The molecule has 1 aliphatic rings. The minimum absolute atomic E-state index is 0.134. The summed E-state index contributed by atoms with van der Waals surface area (Å²) < 4.78 is 0. The predicted octanol–water partition coefficient (Wildman–Crippen LogP) is 3.64. The molecule has 0 aromatic heterocycles. The van der Waals surface area contributed by atoms with Crippen molar-refractivity contribution < 1.29 is 4.79 Å². The van der Waals surface area contributed by atoms with Crippen molar-refractivity contribution in [3.8, 4) is 0 Å². The second-order valence-electron chi connectivity index (χ2n) is 5.12. The lowest BCUT2D eigenvalue weighted by atomic mass is 9.92. The number of rotatable bonds is 1. The lowest BCUT2D eigenvalue weighted by molar-refractivity contribution is -0.121. The molecule has 0 fully saturated rings. The lowest BCUT2D eigenvalue weighted by Gasteiger charge is -2.20. The van der Waals surface area contributed by atoms with Gasteiger partial charge in [-0.2, -0.15) is 0 Å². The van der Waals surface area contributed by atoms with Crippen LogP contribution in [-0.4, -0.2) is 5.91 Å². The molecule has 1 aliphatic heterocycles. The Kier molecular flexibility index (Phi) is 2.27. The van der Waals surface area contributed by atoms with Crippen LogP contribution < -0.4 is 4.90 Å². The highest BCUT2D eigenvalue weighted by molar-refractivity contribution is 6.12. The third-order valence-electron chi connectivity index (χ3n) is 3.57. The second kappa shape index (κ2) is 3.70. The van der Waals surface area contributed by atoms with Crippen molar-refractivity contribution in [1.82, 2.24) is 0 Å². The van der Waals surface area contributed by atoms with E-state index in [-0.39, 0.29) is 5.91 Å². The average molecular weight is 238 g/mol. The van der Waals surface area contributed by atoms with E-state index in [1.54, 1.807) is 0 Å². The van der Waals surface area contributed by atoms with Crippen LogP contribution in [0.25, 0.3) is 0 Å². The fourth-order valence-electron chi connectivity index (χ4n) is 2.53. The summed E-state index contributed by atoms with van der Waals surface area (Å²) in [5, 5.41) is 0. The molecule has 1 amide bonds. The molecule has 90 valence electrons. The number of carbonyl (C=O) groups is 1. The van der Waals surface area contributed by atoms with Crippen LogP contribution in [0.15, 0.2) is 54.6 Å². The Bertz CT molecular complexity index is 602.